The minimum atomic E-state index is -3.55. The lowest BCUT2D eigenvalue weighted by atomic mass is 10.2. The molecule has 0 aliphatic heterocycles. The quantitative estimate of drug-likeness (QED) is 0.690. The molecule has 0 atom stereocenters. The van der Waals surface area contributed by atoms with Crippen LogP contribution in [0, 0.1) is 20.8 Å². The lowest BCUT2D eigenvalue weighted by Crippen LogP contribution is -2.27. The number of aryl methyl sites for hydroxylation is 2. The standard InChI is InChI=1S/C20H23N3O2S/c1-15-10-12-19(13-11-15)26(24,25)22(4)14-20-16(2)21-23(17(20)3)18-8-6-5-7-9-18/h5-13H,14H2,1-4H3. The number of aromatic nitrogens is 2. The number of rotatable bonds is 5. The van der Waals surface area contributed by atoms with E-state index in [1.165, 1.54) is 4.31 Å². The van der Waals surface area contributed by atoms with Crippen molar-refractivity contribution in [3.8, 4) is 5.69 Å². The largest absolute Gasteiger partial charge is 0.243 e. The first-order valence-corrected chi connectivity index (χ1v) is 9.88. The van der Waals surface area contributed by atoms with Gasteiger partial charge in [-0.05, 0) is 45.0 Å². The van der Waals surface area contributed by atoms with E-state index in [0.717, 1.165) is 28.2 Å². The van der Waals surface area contributed by atoms with Gasteiger partial charge in [-0.1, -0.05) is 35.9 Å². The highest BCUT2D eigenvalue weighted by Crippen LogP contribution is 2.22. The summed E-state index contributed by atoms with van der Waals surface area (Å²) < 4.78 is 28.9. The highest BCUT2D eigenvalue weighted by molar-refractivity contribution is 7.89. The predicted octanol–water partition coefficient (Wildman–Crippen LogP) is 3.62. The normalized spacial score (nSPS) is 11.9. The first-order chi connectivity index (χ1) is 12.3. The molecule has 0 aliphatic rings. The zero-order chi connectivity index (χ0) is 18.9. The molecule has 0 spiro atoms. The molecule has 1 aromatic heterocycles. The van der Waals surface area contributed by atoms with Crippen molar-refractivity contribution < 1.29 is 8.42 Å². The molecular formula is C20H23N3O2S. The third kappa shape index (κ3) is 3.43. The Balaban J connectivity index is 1.91. The van der Waals surface area contributed by atoms with Gasteiger partial charge in [-0.15, -0.1) is 0 Å². The molecule has 26 heavy (non-hydrogen) atoms. The fraction of sp³-hybridized carbons (Fsp3) is 0.250. The van der Waals surface area contributed by atoms with Crippen LogP contribution in [0.1, 0.15) is 22.5 Å². The summed E-state index contributed by atoms with van der Waals surface area (Å²) in [6.45, 7) is 6.09. The van der Waals surface area contributed by atoms with Crippen LogP contribution in [0.3, 0.4) is 0 Å². The highest BCUT2D eigenvalue weighted by atomic mass is 32.2. The van der Waals surface area contributed by atoms with Gasteiger partial charge in [0.15, 0.2) is 0 Å². The van der Waals surface area contributed by atoms with Crippen molar-refractivity contribution in [2.75, 3.05) is 7.05 Å². The van der Waals surface area contributed by atoms with Crippen molar-refractivity contribution in [1.82, 2.24) is 14.1 Å². The van der Waals surface area contributed by atoms with Crippen molar-refractivity contribution in [3.63, 3.8) is 0 Å². The lowest BCUT2D eigenvalue weighted by molar-refractivity contribution is 0.465. The van der Waals surface area contributed by atoms with Gasteiger partial charge in [0.2, 0.25) is 10.0 Å². The second-order valence-electron chi connectivity index (χ2n) is 6.47. The van der Waals surface area contributed by atoms with Crippen LogP contribution in [0.25, 0.3) is 5.69 Å². The van der Waals surface area contributed by atoms with Gasteiger partial charge in [-0.2, -0.15) is 9.40 Å². The SMILES string of the molecule is Cc1ccc(S(=O)(=O)N(C)Cc2c(C)nn(-c3ccccc3)c2C)cc1. The second-order valence-corrected chi connectivity index (χ2v) is 8.52. The van der Waals surface area contributed by atoms with Gasteiger partial charge in [-0.25, -0.2) is 13.1 Å². The van der Waals surface area contributed by atoms with Crippen LogP contribution in [0.2, 0.25) is 0 Å². The zero-order valence-corrected chi connectivity index (χ0v) is 16.3. The van der Waals surface area contributed by atoms with Crippen LogP contribution in [-0.2, 0) is 16.6 Å². The fourth-order valence-corrected chi connectivity index (χ4v) is 4.06. The van der Waals surface area contributed by atoms with Gasteiger partial charge < -0.3 is 0 Å². The second kappa shape index (κ2) is 7.05. The van der Waals surface area contributed by atoms with Crippen molar-refractivity contribution in [1.29, 1.82) is 0 Å². The van der Waals surface area contributed by atoms with Crippen LogP contribution in [0.5, 0.6) is 0 Å². The molecule has 1 heterocycles. The van der Waals surface area contributed by atoms with E-state index in [2.05, 4.69) is 5.10 Å². The molecule has 0 radical (unpaired) electrons. The van der Waals surface area contributed by atoms with E-state index in [-0.39, 0.29) is 6.54 Å². The van der Waals surface area contributed by atoms with E-state index < -0.39 is 10.0 Å². The van der Waals surface area contributed by atoms with Crippen molar-refractivity contribution in [2.24, 2.45) is 0 Å². The van der Waals surface area contributed by atoms with Gasteiger partial charge in [0.05, 0.1) is 16.3 Å². The van der Waals surface area contributed by atoms with Gasteiger partial charge >= 0.3 is 0 Å². The van der Waals surface area contributed by atoms with Crippen molar-refractivity contribution in [3.05, 3.63) is 77.1 Å². The highest BCUT2D eigenvalue weighted by Gasteiger charge is 2.23. The Hall–Kier alpha value is -2.44. The summed E-state index contributed by atoms with van der Waals surface area (Å²) in [6.07, 6.45) is 0. The van der Waals surface area contributed by atoms with E-state index in [1.54, 1.807) is 19.2 Å². The van der Waals surface area contributed by atoms with Gasteiger partial charge in [0.1, 0.15) is 0 Å². The molecule has 3 rings (SSSR count). The van der Waals surface area contributed by atoms with Gasteiger partial charge in [0.25, 0.3) is 0 Å². The Morgan fingerprint density at radius 3 is 2.19 bits per heavy atom. The van der Waals surface area contributed by atoms with Crippen molar-refractivity contribution in [2.45, 2.75) is 32.2 Å². The summed E-state index contributed by atoms with van der Waals surface area (Å²) >= 11 is 0. The Morgan fingerprint density at radius 2 is 1.58 bits per heavy atom. The van der Waals surface area contributed by atoms with Crippen LogP contribution in [-0.4, -0.2) is 29.6 Å². The lowest BCUT2D eigenvalue weighted by Gasteiger charge is -2.18. The molecule has 0 N–H and O–H groups in total. The monoisotopic (exact) mass is 369 g/mol. The summed E-state index contributed by atoms with van der Waals surface area (Å²) in [5.41, 5.74) is 4.69. The summed E-state index contributed by atoms with van der Waals surface area (Å²) in [5, 5.41) is 4.60. The van der Waals surface area contributed by atoms with E-state index in [9.17, 15) is 8.42 Å². The van der Waals surface area contributed by atoms with Crippen LogP contribution in [0.15, 0.2) is 59.5 Å². The number of hydrogen-bond donors (Lipinski definition) is 0. The molecule has 0 amide bonds. The molecule has 0 bridgehead atoms. The van der Waals surface area contributed by atoms with Gasteiger partial charge in [0, 0.05) is 24.8 Å². The molecule has 0 saturated heterocycles. The zero-order valence-electron chi connectivity index (χ0n) is 15.5. The van der Waals surface area contributed by atoms with E-state index in [4.69, 9.17) is 0 Å². The van der Waals surface area contributed by atoms with Crippen LogP contribution >= 0.6 is 0 Å². The molecular weight excluding hydrogens is 346 g/mol. The first kappa shape index (κ1) is 18.4. The number of sulfonamides is 1. The van der Waals surface area contributed by atoms with Crippen LogP contribution < -0.4 is 0 Å². The molecule has 136 valence electrons. The maximum Gasteiger partial charge on any atom is 0.243 e. The van der Waals surface area contributed by atoms with E-state index in [1.807, 2.05) is 67.9 Å². The van der Waals surface area contributed by atoms with Gasteiger partial charge in [-0.3, -0.25) is 0 Å². The van der Waals surface area contributed by atoms with E-state index >= 15 is 0 Å². The van der Waals surface area contributed by atoms with E-state index in [0.29, 0.717) is 4.90 Å². The predicted molar refractivity (Wildman–Crippen MR) is 103 cm³/mol. The topological polar surface area (TPSA) is 55.2 Å². The molecule has 0 fully saturated rings. The number of para-hydroxylation sites is 1. The van der Waals surface area contributed by atoms with Crippen LogP contribution in [0.4, 0.5) is 0 Å². The molecule has 3 aromatic rings. The Bertz CT molecular complexity index is 1010. The molecule has 0 saturated carbocycles. The van der Waals surface area contributed by atoms with Crippen molar-refractivity contribution >= 4 is 10.0 Å². The molecule has 0 unspecified atom stereocenters. The average Bonchev–Trinajstić information content (AvgIpc) is 2.91. The number of benzene rings is 2. The Labute approximate surface area is 154 Å². The number of nitrogens with zero attached hydrogens (tertiary/aromatic N) is 3. The Morgan fingerprint density at radius 1 is 0.962 bits per heavy atom. The smallest absolute Gasteiger partial charge is 0.238 e. The number of hydrogen-bond acceptors (Lipinski definition) is 3. The first-order valence-electron chi connectivity index (χ1n) is 8.44. The fourth-order valence-electron chi connectivity index (χ4n) is 2.92. The third-order valence-electron chi connectivity index (χ3n) is 4.55. The summed E-state index contributed by atoms with van der Waals surface area (Å²) in [6, 6.07) is 16.8. The minimum absolute atomic E-state index is 0.278. The summed E-state index contributed by atoms with van der Waals surface area (Å²) in [4.78, 5) is 0.302. The molecule has 6 heteroatoms. The minimum Gasteiger partial charge on any atom is -0.238 e. The summed E-state index contributed by atoms with van der Waals surface area (Å²) in [7, 11) is -1.94. The average molecular weight is 369 g/mol. The maximum absolute atomic E-state index is 12.8. The third-order valence-corrected chi connectivity index (χ3v) is 6.37. The molecule has 0 aliphatic carbocycles. The molecule has 5 nitrogen and oxygen atoms in total. The Kier molecular flexibility index (Phi) is 4.98. The molecule has 2 aromatic carbocycles. The summed E-state index contributed by atoms with van der Waals surface area (Å²) in [5.74, 6) is 0. The maximum atomic E-state index is 12.8.